The molecule has 0 aliphatic carbocycles. The molecule has 1 amide bonds. The summed E-state index contributed by atoms with van der Waals surface area (Å²) in [5.41, 5.74) is 0.978. The average molecular weight is 415 g/mol. The van der Waals surface area contributed by atoms with Crippen molar-refractivity contribution in [2.45, 2.75) is 116 Å². The van der Waals surface area contributed by atoms with Gasteiger partial charge in [0.1, 0.15) is 0 Å². The lowest BCUT2D eigenvalue weighted by atomic mass is 9.66. The molecular formula is C27H46N2O. The van der Waals surface area contributed by atoms with Gasteiger partial charge >= 0.3 is 0 Å². The summed E-state index contributed by atoms with van der Waals surface area (Å²) in [5.74, 6) is 0.476. The summed E-state index contributed by atoms with van der Waals surface area (Å²) in [4.78, 5) is 15.7. The number of likely N-dealkylation sites (tertiary alicyclic amines) is 1. The first kappa shape index (κ1) is 24.9. The number of rotatable bonds is 11. The number of benzene rings is 1. The fourth-order valence-corrected chi connectivity index (χ4v) is 5.50. The summed E-state index contributed by atoms with van der Waals surface area (Å²) in [6.07, 6.45) is 11.3. The number of hydrogen-bond donors (Lipinski definition) is 1. The summed E-state index contributed by atoms with van der Waals surface area (Å²) >= 11 is 0. The van der Waals surface area contributed by atoms with Gasteiger partial charge in [-0.25, -0.2) is 0 Å². The maximum Gasteiger partial charge on any atom is 0.251 e. The zero-order chi connectivity index (χ0) is 22.2. The van der Waals surface area contributed by atoms with Crippen molar-refractivity contribution < 1.29 is 4.79 Å². The maximum absolute atomic E-state index is 12.9. The second-order valence-electron chi connectivity index (χ2n) is 9.92. The Labute approximate surface area is 186 Å². The highest BCUT2D eigenvalue weighted by Gasteiger charge is 2.52. The molecule has 1 aromatic rings. The topological polar surface area (TPSA) is 32.3 Å². The Morgan fingerprint density at radius 2 is 1.63 bits per heavy atom. The first-order valence-corrected chi connectivity index (χ1v) is 12.5. The Bertz CT molecular complexity index is 646. The minimum absolute atomic E-state index is 0.0636. The van der Waals surface area contributed by atoms with Gasteiger partial charge in [0.25, 0.3) is 5.91 Å². The molecule has 1 aromatic carbocycles. The number of carbonyl (C=O) groups is 1. The van der Waals surface area contributed by atoms with Crippen LogP contribution in [-0.2, 0) is 0 Å². The lowest BCUT2D eigenvalue weighted by molar-refractivity contribution is -0.0959. The molecule has 1 heterocycles. The van der Waals surface area contributed by atoms with E-state index in [2.05, 4.69) is 51.8 Å². The van der Waals surface area contributed by atoms with Crippen molar-refractivity contribution in [3.63, 3.8) is 0 Å². The fourth-order valence-electron chi connectivity index (χ4n) is 5.50. The molecule has 0 spiro atoms. The quantitative estimate of drug-likeness (QED) is 0.403. The smallest absolute Gasteiger partial charge is 0.251 e. The molecular weight excluding hydrogens is 368 g/mol. The Balaban J connectivity index is 2.13. The van der Waals surface area contributed by atoms with Gasteiger partial charge in [0.2, 0.25) is 0 Å². The minimum atomic E-state index is 0.0636. The van der Waals surface area contributed by atoms with Gasteiger partial charge in [-0.2, -0.15) is 0 Å². The standard InChI is InChI=1S/C27H46N2O/c1-7-10-11-12-13-17-20-29-26(5,8-2)21-24(22(4)27(29,6)9-3)28-25(30)23-18-15-14-16-19-23/h14-16,18-19,22,24H,7-13,17,20-21H2,1-6H3,(H,28,30). The summed E-state index contributed by atoms with van der Waals surface area (Å²) < 4.78 is 0. The monoisotopic (exact) mass is 414 g/mol. The van der Waals surface area contributed by atoms with Crippen LogP contribution >= 0.6 is 0 Å². The van der Waals surface area contributed by atoms with Crippen LogP contribution in [0.2, 0.25) is 0 Å². The molecule has 1 aliphatic heterocycles. The molecule has 0 saturated carbocycles. The molecule has 0 aromatic heterocycles. The number of unbranched alkanes of at least 4 members (excludes halogenated alkanes) is 5. The molecule has 2 rings (SSSR count). The zero-order valence-corrected chi connectivity index (χ0v) is 20.5. The van der Waals surface area contributed by atoms with Crippen molar-refractivity contribution in [2.24, 2.45) is 5.92 Å². The highest BCUT2D eigenvalue weighted by atomic mass is 16.1. The number of nitrogens with one attached hydrogen (secondary N) is 1. The van der Waals surface area contributed by atoms with Crippen molar-refractivity contribution in [2.75, 3.05) is 6.54 Å². The largest absolute Gasteiger partial charge is 0.349 e. The van der Waals surface area contributed by atoms with E-state index < -0.39 is 0 Å². The molecule has 4 atom stereocenters. The Morgan fingerprint density at radius 1 is 1.00 bits per heavy atom. The van der Waals surface area contributed by atoms with Gasteiger partial charge in [-0.15, -0.1) is 0 Å². The van der Waals surface area contributed by atoms with Crippen LogP contribution in [0.4, 0.5) is 0 Å². The zero-order valence-electron chi connectivity index (χ0n) is 20.5. The minimum Gasteiger partial charge on any atom is -0.349 e. The first-order valence-electron chi connectivity index (χ1n) is 12.5. The van der Waals surface area contributed by atoms with Crippen LogP contribution in [-0.4, -0.2) is 34.5 Å². The third-order valence-electron chi connectivity index (χ3n) is 8.08. The van der Waals surface area contributed by atoms with E-state index in [-0.39, 0.29) is 23.0 Å². The number of amides is 1. The third-order valence-corrected chi connectivity index (χ3v) is 8.08. The predicted molar refractivity (Wildman–Crippen MR) is 129 cm³/mol. The Hall–Kier alpha value is -1.35. The molecule has 3 heteroatoms. The van der Waals surface area contributed by atoms with Crippen molar-refractivity contribution in [1.82, 2.24) is 10.2 Å². The Morgan fingerprint density at radius 3 is 2.23 bits per heavy atom. The molecule has 1 fully saturated rings. The molecule has 0 bridgehead atoms. The SMILES string of the molecule is CCCCCCCCN1C(C)(CC)CC(NC(=O)c2ccccc2)C(C)C1(C)CC. The van der Waals surface area contributed by atoms with E-state index in [1.54, 1.807) is 0 Å². The second-order valence-corrected chi connectivity index (χ2v) is 9.92. The molecule has 1 aliphatic rings. The summed E-state index contributed by atoms with van der Waals surface area (Å²) in [7, 11) is 0. The van der Waals surface area contributed by atoms with E-state index in [0.29, 0.717) is 5.92 Å². The molecule has 1 saturated heterocycles. The van der Waals surface area contributed by atoms with Crippen LogP contribution in [0.3, 0.4) is 0 Å². The summed E-state index contributed by atoms with van der Waals surface area (Å²) in [5, 5.41) is 3.41. The van der Waals surface area contributed by atoms with Crippen LogP contribution in [0.1, 0.15) is 110 Å². The van der Waals surface area contributed by atoms with E-state index >= 15 is 0 Å². The van der Waals surface area contributed by atoms with Gasteiger partial charge in [-0.05, 0) is 64.1 Å². The molecule has 30 heavy (non-hydrogen) atoms. The molecule has 0 radical (unpaired) electrons. The van der Waals surface area contributed by atoms with Crippen LogP contribution in [0, 0.1) is 5.92 Å². The van der Waals surface area contributed by atoms with Crippen LogP contribution in [0.15, 0.2) is 30.3 Å². The highest BCUT2D eigenvalue weighted by molar-refractivity contribution is 5.94. The highest BCUT2D eigenvalue weighted by Crippen LogP contribution is 2.45. The van der Waals surface area contributed by atoms with Gasteiger partial charge in [0, 0.05) is 22.7 Å². The van der Waals surface area contributed by atoms with Gasteiger partial charge in [-0.1, -0.05) is 78.0 Å². The third kappa shape index (κ3) is 5.66. The van der Waals surface area contributed by atoms with E-state index in [1.807, 2.05) is 30.3 Å². The van der Waals surface area contributed by atoms with Crippen LogP contribution in [0.5, 0.6) is 0 Å². The van der Waals surface area contributed by atoms with Crippen molar-refractivity contribution in [3.8, 4) is 0 Å². The molecule has 170 valence electrons. The number of nitrogens with zero attached hydrogens (tertiary/aromatic N) is 1. The summed E-state index contributed by atoms with van der Waals surface area (Å²) in [6.45, 7) is 15.3. The average Bonchev–Trinajstić information content (AvgIpc) is 2.76. The van der Waals surface area contributed by atoms with Crippen molar-refractivity contribution in [1.29, 1.82) is 0 Å². The predicted octanol–water partition coefficient (Wildman–Crippen LogP) is 6.82. The summed E-state index contributed by atoms with van der Waals surface area (Å²) in [6, 6.07) is 9.86. The molecule has 4 unspecified atom stereocenters. The van der Waals surface area contributed by atoms with Crippen molar-refractivity contribution >= 4 is 5.91 Å². The van der Waals surface area contributed by atoms with E-state index in [0.717, 1.165) is 24.8 Å². The lowest BCUT2D eigenvalue weighted by Crippen LogP contribution is -2.70. The van der Waals surface area contributed by atoms with Crippen molar-refractivity contribution in [3.05, 3.63) is 35.9 Å². The van der Waals surface area contributed by atoms with E-state index in [4.69, 9.17) is 0 Å². The fraction of sp³-hybridized carbons (Fsp3) is 0.741. The number of piperidine rings is 1. The van der Waals surface area contributed by atoms with Gasteiger partial charge in [-0.3, -0.25) is 9.69 Å². The maximum atomic E-state index is 12.9. The van der Waals surface area contributed by atoms with E-state index in [9.17, 15) is 4.79 Å². The first-order chi connectivity index (χ1) is 14.3. The van der Waals surface area contributed by atoms with Crippen LogP contribution in [0.25, 0.3) is 0 Å². The molecule has 1 N–H and O–H groups in total. The second kappa shape index (κ2) is 11.3. The normalized spacial score (nSPS) is 29.7. The van der Waals surface area contributed by atoms with Crippen LogP contribution < -0.4 is 5.32 Å². The lowest BCUT2D eigenvalue weighted by Gasteiger charge is -2.61. The van der Waals surface area contributed by atoms with E-state index in [1.165, 1.54) is 45.1 Å². The van der Waals surface area contributed by atoms with Gasteiger partial charge in [0.05, 0.1) is 0 Å². The Kier molecular flexibility index (Phi) is 9.40. The van der Waals surface area contributed by atoms with Gasteiger partial charge in [0.15, 0.2) is 0 Å². The number of carbonyl (C=O) groups excluding carboxylic acids is 1. The molecule has 3 nitrogen and oxygen atoms in total. The number of hydrogen-bond acceptors (Lipinski definition) is 2. The van der Waals surface area contributed by atoms with Gasteiger partial charge < -0.3 is 5.32 Å².